The van der Waals surface area contributed by atoms with Gasteiger partial charge in [0.2, 0.25) is 10.0 Å². The zero-order chi connectivity index (χ0) is 15.6. The predicted molar refractivity (Wildman–Crippen MR) is 86.6 cm³/mol. The van der Waals surface area contributed by atoms with Crippen molar-refractivity contribution in [2.45, 2.75) is 39.2 Å². The molecule has 5 heteroatoms. The molecule has 118 valence electrons. The third-order valence-electron chi connectivity index (χ3n) is 4.58. The largest absolute Gasteiger partial charge is 0.324 e. The standard InChI is InChI=1S/C16H26N2O2S/c1-12-6-4-8-15(13(12)2)16(17)10-14-7-5-9-18(11-14)21(3,19)20/h4,6,8,14,16H,5,7,9-11,17H2,1-3H3. The van der Waals surface area contributed by atoms with Gasteiger partial charge in [0.05, 0.1) is 6.26 Å². The molecular weight excluding hydrogens is 284 g/mol. The van der Waals surface area contributed by atoms with Crippen LogP contribution in [0.15, 0.2) is 18.2 Å². The summed E-state index contributed by atoms with van der Waals surface area (Å²) in [5.74, 6) is 0.350. The Kier molecular flexibility index (Phi) is 5.07. The lowest BCUT2D eigenvalue weighted by Gasteiger charge is -2.32. The Morgan fingerprint density at radius 3 is 2.76 bits per heavy atom. The highest BCUT2D eigenvalue weighted by atomic mass is 32.2. The Labute approximate surface area is 128 Å². The Balaban J connectivity index is 2.06. The molecule has 1 aromatic rings. The van der Waals surface area contributed by atoms with Crippen LogP contribution in [0.25, 0.3) is 0 Å². The highest BCUT2D eigenvalue weighted by Crippen LogP contribution is 2.29. The Morgan fingerprint density at radius 2 is 2.10 bits per heavy atom. The number of sulfonamides is 1. The minimum atomic E-state index is -3.08. The molecule has 0 spiro atoms. The lowest BCUT2D eigenvalue weighted by atomic mass is 9.88. The molecule has 0 radical (unpaired) electrons. The van der Waals surface area contributed by atoms with Crippen LogP contribution in [0.2, 0.25) is 0 Å². The third-order valence-corrected chi connectivity index (χ3v) is 5.85. The zero-order valence-corrected chi connectivity index (χ0v) is 14.0. The van der Waals surface area contributed by atoms with Gasteiger partial charge in [-0.1, -0.05) is 18.2 Å². The number of piperidine rings is 1. The van der Waals surface area contributed by atoms with Crippen LogP contribution in [0.4, 0.5) is 0 Å². The number of hydrogen-bond acceptors (Lipinski definition) is 3. The van der Waals surface area contributed by atoms with Gasteiger partial charge < -0.3 is 5.73 Å². The van der Waals surface area contributed by atoms with Crippen LogP contribution in [0.3, 0.4) is 0 Å². The number of hydrogen-bond donors (Lipinski definition) is 1. The monoisotopic (exact) mass is 310 g/mol. The van der Waals surface area contributed by atoms with Crippen molar-refractivity contribution < 1.29 is 8.42 Å². The summed E-state index contributed by atoms with van der Waals surface area (Å²) < 4.78 is 25.0. The maximum atomic E-state index is 11.7. The van der Waals surface area contributed by atoms with Gasteiger partial charge in [-0.3, -0.25) is 0 Å². The van der Waals surface area contributed by atoms with Gasteiger partial charge in [-0.05, 0) is 55.7 Å². The van der Waals surface area contributed by atoms with Gasteiger partial charge in [0.15, 0.2) is 0 Å². The second-order valence-electron chi connectivity index (χ2n) is 6.26. The summed E-state index contributed by atoms with van der Waals surface area (Å²) in [7, 11) is -3.08. The van der Waals surface area contributed by atoms with Crippen molar-refractivity contribution in [3.8, 4) is 0 Å². The molecule has 2 rings (SSSR count). The van der Waals surface area contributed by atoms with E-state index >= 15 is 0 Å². The summed E-state index contributed by atoms with van der Waals surface area (Å²) in [5.41, 5.74) is 10.1. The van der Waals surface area contributed by atoms with Crippen molar-refractivity contribution in [2.75, 3.05) is 19.3 Å². The molecular formula is C16H26N2O2S. The molecule has 2 unspecified atom stereocenters. The molecule has 2 N–H and O–H groups in total. The van der Waals surface area contributed by atoms with Crippen molar-refractivity contribution in [3.63, 3.8) is 0 Å². The van der Waals surface area contributed by atoms with E-state index in [1.165, 1.54) is 22.9 Å². The maximum absolute atomic E-state index is 11.7. The van der Waals surface area contributed by atoms with Gasteiger partial charge >= 0.3 is 0 Å². The van der Waals surface area contributed by atoms with Crippen molar-refractivity contribution >= 4 is 10.0 Å². The molecule has 1 aliphatic rings. The van der Waals surface area contributed by atoms with Crippen molar-refractivity contribution in [1.29, 1.82) is 0 Å². The number of rotatable bonds is 4. The third kappa shape index (κ3) is 4.05. The highest BCUT2D eigenvalue weighted by molar-refractivity contribution is 7.88. The van der Waals surface area contributed by atoms with Crippen LogP contribution in [-0.2, 0) is 10.0 Å². The Morgan fingerprint density at radius 1 is 1.38 bits per heavy atom. The minimum Gasteiger partial charge on any atom is -0.324 e. The highest BCUT2D eigenvalue weighted by Gasteiger charge is 2.27. The SMILES string of the molecule is Cc1cccc(C(N)CC2CCCN(S(C)(=O)=O)C2)c1C. The second-order valence-corrected chi connectivity index (χ2v) is 8.24. The number of aryl methyl sites for hydroxylation is 1. The molecule has 1 aromatic carbocycles. The molecule has 0 aliphatic carbocycles. The van der Waals surface area contributed by atoms with E-state index in [4.69, 9.17) is 5.73 Å². The second kappa shape index (κ2) is 6.46. The van der Waals surface area contributed by atoms with Crippen LogP contribution in [0, 0.1) is 19.8 Å². The quantitative estimate of drug-likeness (QED) is 0.928. The summed E-state index contributed by atoms with van der Waals surface area (Å²) in [6.45, 7) is 5.46. The van der Waals surface area contributed by atoms with Gasteiger partial charge in [-0.2, -0.15) is 0 Å². The average Bonchev–Trinajstić information content (AvgIpc) is 2.41. The van der Waals surface area contributed by atoms with Crippen LogP contribution < -0.4 is 5.73 Å². The predicted octanol–water partition coefficient (Wildman–Crippen LogP) is 2.36. The van der Waals surface area contributed by atoms with E-state index in [1.54, 1.807) is 4.31 Å². The molecule has 1 fully saturated rings. The van der Waals surface area contributed by atoms with Crippen LogP contribution in [-0.4, -0.2) is 32.1 Å². The van der Waals surface area contributed by atoms with E-state index in [9.17, 15) is 8.42 Å². The topological polar surface area (TPSA) is 63.4 Å². The van der Waals surface area contributed by atoms with E-state index in [1.807, 2.05) is 6.07 Å². The molecule has 0 bridgehead atoms. The summed E-state index contributed by atoms with van der Waals surface area (Å²) in [6, 6.07) is 6.21. The van der Waals surface area contributed by atoms with Crippen molar-refractivity contribution in [3.05, 3.63) is 34.9 Å². The number of benzene rings is 1. The zero-order valence-electron chi connectivity index (χ0n) is 13.2. The summed E-state index contributed by atoms with van der Waals surface area (Å²) in [6.07, 6.45) is 4.12. The molecule has 0 amide bonds. The average molecular weight is 310 g/mol. The van der Waals surface area contributed by atoms with Gasteiger partial charge in [0.1, 0.15) is 0 Å². The minimum absolute atomic E-state index is 0.0191. The first-order valence-electron chi connectivity index (χ1n) is 7.56. The van der Waals surface area contributed by atoms with E-state index in [2.05, 4.69) is 26.0 Å². The fraction of sp³-hybridized carbons (Fsp3) is 0.625. The van der Waals surface area contributed by atoms with Gasteiger partial charge in [0, 0.05) is 19.1 Å². The molecule has 1 heterocycles. The van der Waals surface area contributed by atoms with Gasteiger partial charge in [-0.15, -0.1) is 0 Å². The lowest BCUT2D eigenvalue weighted by Crippen LogP contribution is -2.40. The number of nitrogens with two attached hydrogens (primary N) is 1. The molecule has 1 saturated heterocycles. The first kappa shape index (κ1) is 16.5. The Bertz CT molecular complexity index is 598. The van der Waals surface area contributed by atoms with Gasteiger partial charge in [-0.25, -0.2) is 12.7 Å². The smallest absolute Gasteiger partial charge is 0.211 e. The number of nitrogens with zero attached hydrogens (tertiary/aromatic N) is 1. The summed E-state index contributed by atoms with van der Waals surface area (Å²) in [5, 5.41) is 0. The first-order chi connectivity index (χ1) is 9.79. The van der Waals surface area contributed by atoms with Crippen LogP contribution in [0.5, 0.6) is 0 Å². The molecule has 1 aliphatic heterocycles. The van der Waals surface area contributed by atoms with Crippen molar-refractivity contribution in [2.24, 2.45) is 11.7 Å². The molecule has 0 aromatic heterocycles. The fourth-order valence-corrected chi connectivity index (χ4v) is 4.12. The summed E-state index contributed by atoms with van der Waals surface area (Å²) in [4.78, 5) is 0. The van der Waals surface area contributed by atoms with Crippen LogP contribution >= 0.6 is 0 Å². The van der Waals surface area contributed by atoms with E-state index in [0.717, 1.165) is 19.3 Å². The Hall–Kier alpha value is -0.910. The normalized spacial score (nSPS) is 22.2. The molecule has 4 nitrogen and oxygen atoms in total. The van der Waals surface area contributed by atoms with Crippen LogP contribution in [0.1, 0.15) is 42.0 Å². The molecule has 2 atom stereocenters. The first-order valence-corrected chi connectivity index (χ1v) is 9.40. The lowest BCUT2D eigenvalue weighted by molar-refractivity contribution is 0.247. The van der Waals surface area contributed by atoms with E-state index in [-0.39, 0.29) is 6.04 Å². The fourth-order valence-electron chi connectivity index (χ4n) is 3.18. The van der Waals surface area contributed by atoms with E-state index < -0.39 is 10.0 Å². The van der Waals surface area contributed by atoms with Crippen molar-refractivity contribution in [1.82, 2.24) is 4.31 Å². The molecule has 0 saturated carbocycles. The van der Waals surface area contributed by atoms with Gasteiger partial charge in [0.25, 0.3) is 0 Å². The maximum Gasteiger partial charge on any atom is 0.211 e. The van der Waals surface area contributed by atoms with E-state index in [0.29, 0.717) is 19.0 Å². The summed E-state index contributed by atoms with van der Waals surface area (Å²) >= 11 is 0. The molecule has 21 heavy (non-hydrogen) atoms.